The van der Waals surface area contributed by atoms with Gasteiger partial charge in [0.1, 0.15) is 16.4 Å². The molecule has 0 aliphatic rings. The summed E-state index contributed by atoms with van der Waals surface area (Å²) in [7, 11) is 0. The van der Waals surface area contributed by atoms with Gasteiger partial charge in [0.15, 0.2) is 0 Å². The summed E-state index contributed by atoms with van der Waals surface area (Å²) in [5.41, 5.74) is 0.912. The number of alkyl carbamates (subject to hydrolysis) is 1. The van der Waals surface area contributed by atoms with Crippen LogP contribution in [0.3, 0.4) is 0 Å². The van der Waals surface area contributed by atoms with Crippen LogP contribution in [0.4, 0.5) is 4.79 Å². The van der Waals surface area contributed by atoms with E-state index in [9.17, 15) is 14.8 Å². The molecule has 0 aliphatic heterocycles. The van der Waals surface area contributed by atoms with Crippen LogP contribution in [0.2, 0.25) is 0 Å². The zero-order valence-electron chi connectivity index (χ0n) is 13.6. The lowest BCUT2D eigenvalue weighted by Crippen LogP contribution is -2.36. The molecule has 0 saturated carbocycles. The second-order valence-corrected chi connectivity index (χ2v) is 5.62. The van der Waals surface area contributed by atoms with Crippen LogP contribution in [0.1, 0.15) is 29.1 Å². The van der Waals surface area contributed by atoms with Gasteiger partial charge in [0.05, 0.1) is 0 Å². The Hall–Kier alpha value is -2.87. The number of rotatable bonds is 6. The molecular weight excluding hydrogens is 342 g/mol. The summed E-state index contributed by atoms with van der Waals surface area (Å²) in [5.74, 6) is -0.498. The highest BCUT2D eigenvalue weighted by Crippen LogP contribution is 2.15. The van der Waals surface area contributed by atoms with E-state index in [4.69, 9.17) is 17.0 Å². The van der Waals surface area contributed by atoms with Crippen molar-refractivity contribution in [3.63, 3.8) is 0 Å². The number of benzene rings is 1. The van der Waals surface area contributed by atoms with Gasteiger partial charge < -0.3 is 20.6 Å². The van der Waals surface area contributed by atoms with Crippen molar-refractivity contribution in [3.8, 4) is 0 Å². The fourth-order valence-corrected chi connectivity index (χ4v) is 2.26. The molecule has 0 saturated heterocycles. The summed E-state index contributed by atoms with van der Waals surface area (Å²) < 4.78 is 6.00. The van der Waals surface area contributed by atoms with E-state index < -0.39 is 12.0 Å². The van der Waals surface area contributed by atoms with Crippen LogP contribution in [0.25, 0.3) is 0 Å². The Morgan fingerprint density at radius 1 is 1.12 bits per heavy atom. The van der Waals surface area contributed by atoms with Crippen molar-refractivity contribution in [2.24, 2.45) is 0 Å². The number of nitrogens with zero attached hydrogens (tertiary/aromatic N) is 1. The van der Waals surface area contributed by atoms with Crippen molar-refractivity contribution in [2.75, 3.05) is 13.1 Å². The van der Waals surface area contributed by atoms with Gasteiger partial charge in [-0.15, -0.1) is 0 Å². The Morgan fingerprint density at radius 3 is 2.52 bits per heavy atom. The Kier molecular flexibility index (Phi) is 6.53. The van der Waals surface area contributed by atoms with Gasteiger partial charge in [0.2, 0.25) is 0 Å². The zero-order valence-corrected chi connectivity index (χ0v) is 14.5. The Balaban J connectivity index is 1.73. The van der Waals surface area contributed by atoms with Crippen LogP contribution in [-0.4, -0.2) is 35.0 Å². The van der Waals surface area contributed by atoms with E-state index >= 15 is 0 Å². The summed E-state index contributed by atoms with van der Waals surface area (Å²) in [6, 6.07) is 13.9. The van der Waals surface area contributed by atoms with E-state index in [2.05, 4.69) is 10.6 Å². The molecule has 0 radical (unpaired) electrons. The molecule has 0 unspecified atom stereocenters. The van der Waals surface area contributed by atoms with E-state index in [0.717, 1.165) is 5.56 Å². The molecule has 2 rings (SSSR count). The van der Waals surface area contributed by atoms with Crippen molar-refractivity contribution in [3.05, 3.63) is 64.4 Å². The molecule has 1 aromatic carbocycles. The standard InChI is InChI=1S/C17H19N3O4S/c1-12(13-6-3-2-4-7-13)24-17(22)19-11-10-18-16(21)14-8-5-9-15(25)20(14)23/h2-9,12,23H,10-11H2,1H3,(H,18,21)(H,19,22)/t12-/m0/s1. The van der Waals surface area contributed by atoms with Gasteiger partial charge in [-0.25, -0.2) is 4.79 Å². The molecule has 2 aromatic rings. The van der Waals surface area contributed by atoms with Crippen molar-refractivity contribution in [2.45, 2.75) is 13.0 Å². The molecular formula is C17H19N3O4S. The molecule has 7 nitrogen and oxygen atoms in total. The highest BCUT2D eigenvalue weighted by atomic mass is 32.1. The fraction of sp³-hybridized carbons (Fsp3) is 0.235. The average Bonchev–Trinajstić information content (AvgIpc) is 2.61. The largest absolute Gasteiger partial charge is 0.442 e. The van der Waals surface area contributed by atoms with Crippen LogP contribution >= 0.6 is 12.2 Å². The minimum absolute atomic E-state index is 0.0211. The highest BCUT2D eigenvalue weighted by molar-refractivity contribution is 7.71. The SMILES string of the molecule is C[C@H](OC(=O)NCCNC(=O)c1cccc(=S)n1O)c1ccccc1. The van der Waals surface area contributed by atoms with Crippen LogP contribution in [0, 0.1) is 4.64 Å². The maximum atomic E-state index is 11.9. The van der Waals surface area contributed by atoms with Crippen molar-refractivity contribution in [1.29, 1.82) is 0 Å². The summed E-state index contributed by atoms with van der Waals surface area (Å²) >= 11 is 4.87. The summed E-state index contributed by atoms with van der Waals surface area (Å²) in [6.07, 6.45) is -0.950. The topological polar surface area (TPSA) is 92.6 Å². The first kappa shape index (κ1) is 18.5. The Bertz CT molecular complexity index is 792. The molecule has 25 heavy (non-hydrogen) atoms. The molecule has 0 fully saturated rings. The van der Waals surface area contributed by atoms with Gasteiger partial charge in [0.25, 0.3) is 5.91 Å². The number of amides is 2. The molecule has 1 atom stereocenters. The second kappa shape index (κ2) is 8.84. The van der Waals surface area contributed by atoms with Gasteiger partial charge >= 0.3 is 6.09 Å². The number of ether oxygens (including phenoxy) is 1. The van der Waals surface area contributed by atoms with Gasteiger partial charge in [-0.2, -0.15) is 4.73 Å². The molecule has 132 valence electrons. The van der Waals surface area contributed by atoms with Crippen molar-refractivity contribution >= 4 is 24.2 Å². The third kappa shape index (κ3) is 5.32. The number of hydrogen-bond acceptors (Lipinski definition) is 5. The molecule has 8 heteroatoms. The van der Waals surface area contributed by atoms with E-state index in [0.29, 0.717) is 4.73 Å². The quantitative estimate of drug-likeness (QED) is 0.418. The second-order valence-electron chi connectivity index (χ2n) is 5.20. The highest BCUT2D eigenvalue weighted by Gasteiger charge is 2.12. The Morgan fingerprint density at radius 2 is 1.80 bits per heavy atom. The van der Waals surface area contributed by atoms with Crippen LogP contribution in [0.15, 0.2) is 48.5 Å². The third-order valence-corrected chi connectivity index (χ3v) is 3.70. The molecule has 0 aliphatic carbocycles. The third-order valence-electron chi connectivity index (χ3n) is 3.40. The lowest BCUT2D eigenvalue weighted by Gasteiger charge is -2.14. The number of carbonyl (C=O) groups excluding carboxylic acids is 2. The molecule has 0 bridgehead atoms. The first-order valence-corrected chi connectivity index (χ1v) is 8.09. The molecule has 1 heterocycles. The predicted octanol–water partition coefficient (Wildman–Crippen LogP) is 2.67. The number of carbonyl (C=O) groups is 2. The average molecular weight is 361 g/mol. The van der Waals surface area contributed by atoms with Gasteiger partial charge in [-0.1, -0.05) is 48.6 Å². The minimum Gasteiger partial charge on any atom is -0.442 e. The number of hydrogen-bond donors (Lipinski definition) is 3. The smallest absolute Gasteiger partial charge is 0.407 e. The van der Waals surface area contributed by atoms with Crippen LogP contribution in [0.5, 0.6) is 0 Å². The van der Waals surface area contributed by atoms with E-state index in [1.807, 2.05) is 30.3 Å². The fourth-order valence-electron chi connectivity index (χ4n) is 2.08. The Labute approximate surface area is 150 Å². The predicted molar refractivity (Wildman–Crippen MR) is 94.1 cm³/mol. The number of nitrogens with one attached hydrogen (secondary N) is 2. The van der Waals surface area contributed by atoms with E-state index in [1.54, 1.807) is 13.0 Å². The van der Waals surface area contributed by atoms with Crippen molar-refractivity contribution in [1.82, 2.24) is 15.4 Å². The number of aromatic nitrogens is 1. The first-order chi connectivity index (χ1) is 12.0. The maximum absolute atomic E-state index is 11.9. The molecule has 2 amide bonds. The van der Waals surface area contributed by atoms with E-state index in [-0.39, 0.29) is 29.5 Å². The van der Waals surface area contributed by atoms with Crippen LogP contribution < -0.4 is 10.6 Å². The van der Waals surface area contributed by atoms with E-state index in [1.165, 1.54) is 12.1 Å². The number of pyridine rings is 1. The van der Waals surface area contributed by atoms with Gasteiger partial charge in [0, 0.05) is 13.1 Å². The lowest BCUT2D eigenvalue weighted by molar-refractivity contribution is 0.0890. The van der Waals surface area contributed by atoms with Crippen LogP contribution in [-0.2, 0) is 4.74 Å². The molecule has 0 spiro atoms. The molecule has 3 N–H and O–H groups in total. The van der Waals surface area contributed by atoms with Gasteiger partial charge in [-0.05, 0) is 24.6 Å². The maximum Gasteiger partial charge on any atom is 0.407 e. The summed E-state index contributed by atoms with van der Waals surface area (Å²) in [5, 5.41) is 14.8. The lowest BCUT2D eigenvalue weighted by atomic mass is 10.1. The van der Waals surface area contributed by atoms with Crippen molar-refractivity contribution < 1.29 is 19.5 Å². The molecule has 1 aromatic heterocycles. The van der Waals surface area contributed by atoms with Gasteiger partial charge in [-0.3, -0.25) is 4.79 Å². The normalized spacial score (nSPS) is 11.4. The monoisotopic (exact) mass is 361 g/mol. The first-order valence-electron chi connectivity index (χ1n) is 7.68. The minimum atomic E-state index is -0.574. The summed E-state index contributed by atoms with van der Waals surface area (Å²) in [4.78, 5) is 23.7. The summed E-state index contributed by atoms with van der Waals surface area (Å²) in [6.45, 7) is 2.14. The zero-order chi connectivity index (χ0) is 18.2.